The molecule has 108 valence electrons. The van der Waals surface area contributed by atoms with Gasteiger partial charge in [-0.25, -0.2) is 0 Å². The number of alkyl halides is 3. The maximum absolute atomic E-state index is 12.0. The van der Waals surface area contributed by atoms with Crippen LogP contribution in [0.3, 0.4) is 0 Å². The summed E-state index contributed by atoms with van der Waals surface area (Å²) in [7, 11) is 1.96. The molecule has 0 bridgehead atoms. The molecule has 1 unspecified atom stereocenters. The summed E-state index contributed by atoms with van der Waals surface area (Å²) >= 11 is 0. The molecule has 0 spiro atoms. The summed E-state index contributed by atoms with van der Waals surface area (Å²) in [6.07, 6.45) is -3.76. The van der Waals surface area contributed by atoms with Gasteiger partial charge in [-0.15, -0.1) is 13.2 Å². The monoisotopic (exact) mass is 276 g/mol. The molecule has 0 amide bonds. The second kappa shape index (κ2) is 6.77. The zero-order valence-corrected chi connectivity index (χ0v) is 11.1. The van der Waals surface area contributed by atoms with E-state index >= 15 is 0 Å². The van der Waals surface area contributed by atoms with Crippen LogP contribution in [0.15, 0.2) is 24.3 Å². The molecule has 0 aliphatic rings. The fourth-order valence-corrected chi connectivity index (χ4v) is 1.70. The summed E-state index contributed by atoms with van der Waals surface area (Å²) in [5.41, 5.74) is 6.42. The van der Waals surface area contributed by atoms with Crippen LogP contribution in [0.1, 0.15) is 18.9 Å². The second-order valence-corrected chi connectivity index (χ2v) is 4.53. The lowest BCUT2D eigenvalue weighted by molar-refractivity contribution is -0.274. The van der Waals surface area contributed by atoms with Crippen molar-refractivity contribution in [2.45, 2.75) is 32.3 Å². The van der Waals surface area contributed by atoms with E-state index in [0.29, 0.717) is 19.1 Å². The third-order valence-corrected chi connectivity index (χ3v) is 2.93. The molecule has 0 fully saturated rings. The third-order valence-electron chi connectivity index (χ3n) is 2.93. The van der Waals surface area contributed by atoms with Crippen molar-refractivity contribution in [2.75, 3.05) is 13.6 Å². The Morgan fingerprint density at radius 1 is 1.26 bits per heavy atom. The van der Waals surface area contributed by atoms with Crippen LogP contribution in [0.5, 0.6) is 5.75 Å². The highest BCUT2D eigenvalue weighted by Crippen LogP contribution is 2.23. The standard InChI is InChI=1S/C13H19F3N2O/c1-10(7-8-17)18(2)9-11-3-5-12(6-4-11)19-13(14,15)16/h3-6,10H,7-9,17H2,1-2H3. The molecule has 1 rings (SSSR count). The molecular weight excluding hydrogens is 257 g/mol. The van der Waals surface area contributed by atoms with E-state index in [4.69, 9.17) is 5.73 Å². The van der Waals surface area contributed by atoms with Gasteiger partial charge in [-0.3, -0.25) is 4.90 Å². The first-order chi connectivity index (χ1) is 8.81. The Balaban J connectivity index is 2.57. The normalized spacial score (nSPS) is 13.6. The van der Waals surface area contributed by atoms with E-state index in [1.54, 1.807) is 12.1 Å². The minimum atomic E-state index is -4.64. The Hall–Kier alpha value is -1.27. The highest BCUT2D eigenvalue weighted by Gasteiger charge is 2.30. The Morgan fingerprint density at radius 2 is 1.84 bits per heavy atom. The highest BCUT2D eigenvalue weighted by molar-refractivity contribution is 5.27. The predicted octanol–water partition coefficient (Wildman–Crippen LogP) is 2.75. The number of nitrogens with zero attached hydrogens (tertiary/aromatic N) is 1. The minimum Gasteiger partial charge on any atom is -0.406 e. The molecule has 0 radical (unpaired) electrons. The summed E-state index contributed by atoms with van der Waals surface area (Å²) < 4.78 is 39.8. The van der Waals surface area contributed by atoms with Gasteiger partial charge in [0.1, 0.15) is 5.75 Å². The van der Waals surface area contributed by atoms with E-state index in [1.807, 2.05) is 7.05 Å². The number of hydrogen-bond acceptors (Lipinski definition) is 3. The molecule has 6 heteroatoms. The van der Waals surface area contributed by atoms with Crippen molar-refractivity contribution in [3.8, 4) is 5.75 Å². The fraction of sp³-hybridized carbons (Fsp3) is 0.538. The lowest BCUT2D eigenvalue weighted by atomic mass is 10.1. The number of halogens is 3. The molecule has 0 aromatic heterocycles. The van der Waals surface area contributed by atoms with Crippen LogP contribution < -0.4 is 10.5 Å². The van der Waals surface area contributed by atoms with Gasteiger partial charge in [-0.1, -0.05) is 12.1 Å². The average molecular weight is 276 g/mol. The molecular formula is C13H19F3N2O. The molecule has 0 heterocycles. The molecule has 0 aliphatic heterocycles. The molecule has 3 nitrogen and oxygen atoms in total. The van der Waals surface area contributed by atoms with Crippen LogP contribution in [0, 0.1) is 0 Å². The van der Waals surface area contributed by atoms with Gasteiger partial charge in [-0.2, -0.15) is 0 Å². The van der Waals surface area contributed by atoms with Crippen LogP contribution in [-0.2, 0) is 6.54 Å². The molecule has 2 N–H and O–H groups in total. The predicted molar refractivity (Wildman–Crippen MR) is 67.7 cm³/mol. The first-order valence-corrected chi connectivity index (χ1v) is 6.07. The van der Waals surface area contributed by atoms with Gasteiger partial charge in [0.2, 0.25) is 0 Å². The van der Waals surface area contributed by atoms with Crippen LogP contribution in [-0.4, -0.2) is 30.9 Å². The Morgan fingerprint density at radius 3 is 2.32 bits per heavy atom. The summed E-state index contributed by atoms with van der Waals surface area (Å²) in [6, 6.07) is 6.24. The van der Waals surface area contributed by atoms with Gasteiger partial charge in [0.05, 0.1) is 0 Å². The van der Waals surface area contributed by atoms with Crippen molar-refractivity contribution >= 4 is 0 Å². The number of hydrogen-bond donors (Lipinski definition) is 1. The van der Waals surface area contributed by atoms with Crippen LogP contribution >= 0.6 is 0 Å². The van der Waals surface area contributed by atoms with Crippen LogP contribution in [0.2, 0.25) is 0 Å². The van der Waals surface area contributed by atoms with Crippen molar-refractivity contribution in [1.82, 2.24) is 4.90 Å². The second-order valence-electron chi connectivity index (χ2n) is 4.53. The lowest BCUT2D eigenvalue weighted by Gasteiger charge is -2.24. The maximum Gasteiger partial charge on any atom is 0.573 e. The van der Waals surface area contributed by atoms with Crippen molar-refractivity contribution in [2.24, 2.45) is 5.73 Å². The van der Waals surface area contributed by atoms with Gasteiger partial charge in [-0.05, 0) is 44.6 Å². The first-order valence-electron chi connectivity index (χ1n) is 6.07. The molecule has 1 aromatic carbocycles. The van der Waals surface area contributed by atoms with Crippen LogP contribution in [0.25, 0.3) is 0 Å². The van der Waals surface area contributed by atoms with E-state index in [9.17, 15) is 13.2 Å². The van der Waals surface area contributed by atoms with E-state index in [-0.39, 0.29) is 5.75 Å². The quantitative estimate of drug-likeness (QED) is 0.868. The van der Waals surface area contributed by atoms with Gasteiger partial charge >= 0.3 is 6.36 Å². The van der Waals surface area contributed by atoms with Crippen molar-refractivity contribution in [3.05, 3.63) is 29.8 Å². The smallest absolute Gasteiger partial charge is 0.406 e. The molecule has 1 aromatic rings. The third kappa shape index (κ3) is 5.94. The SMILES string of the molecule is CC(CCN)N(C)Cc1ccc(OC(F)(F)F)cc1. The van der Waals surface area contributed by atoms with Crippen molar-refractivity contribution in [1.29, 1.82) is 0 Å². The summed E-state index contributed by atoms with van der Waals surface area (Å²) in [4.78, 5) is 2.10. The summed E-state index contributed by atoms with van der Waals surface area (Å²) in [6.45, 7) is 3.34. The Labute approximate surface area is 111 Å². The summed E-state index contributed by atoms with van der Waals surface area (Å²) in [5, 5.41) is 0. The number of ether oxygens (including phenoxy) is 1. The first kappa shape index (κ1) is 15.8. The van der Waals surface area contributed by atoms with E-state index in [1.165, 1.54) is 12.1 Å². The van der Waals surface area contributed by atoms with Crippen LogP contribution in [0.4, 0.5) is 13.2 Å². The van der Waals surface area contributed by atoms with Crippen molar-refractivity contribution in [3.63, 3.8) is 0 Å². The Kier molecular flexibility index (Phi) is 5.62. The molecule has 1 atom stereocenters. The molecule has 0 aliphatic carbocycles. The zero-order chi connectivity index (χ0) is 14.5. The zero-order valence-electron chi connectivity index (χ0n) is 11.1. The topological polar surface area (TPSA) is 38.5 Å². The van der Waals surface area contributed by atoms with Gasteiger partial charge in [0.15, 0.2) is 0 Å². The molecule has 0 saturated carbocycles. The van der Waals surface area contributed by atoms with Crippen molar-refractivity contribution < 1.29 is 17.9 Å². The summed E-state index contributed by atoms with van der Waals surface area (Å²) in [5.74, 6) is -0.200. The number of benzene rings is 1. The van der Waals surface area contributed by atoms with Gasteiger partial charge in [0.25, 0.3) is 0 Å². The van der Waals surface area contributed by atoms with Gasteiger partial charge < -0.3 is 10.5 Å². The Bertz CT molecular complexity index is 378. The van der Waals surface area contributed by atoms with E-state index in [2.05, 4.69) is 16.6 Å². The average Bonchev–Trinajstić information content (AvgIpc) is 2.30. The molecule has 19 heavy (non-hydrogen) atoms. The number of nitrogens with two attached hydrogens (primary N) is 1. The number of rotatable bonds is 6. The fourth-order valence-electron chi connectivity index (χ4n) is 1.70. The molecule has 0 saturated heterocycles. The minimum absolute atomic E-state index is 0.200. The highest BCUT2D eigenvalue weighted by atomic mass is 19.4. The van der Waals surface area contributed by atoms with E-state index < -0.39 is 6.36 Å². The largest absolute Gasteiger partial charge is 0.573 e. The maximum atomic E-state index is 12.0. The lowest BCUT2D eigenvalue weighted by Crippen LogP contribution is -2.30. The van der Waals surface area contributed by atoms with Gasteiger partial charge in [0, 0.05) is 12.6 Å². The van der Waals surface area contributed by atoms with E-state index in [0.717, 1.165) is 12.0 Å².